The number of hydrogen-bond donors (Lipinski definition) is 3. The van der Waals surface area contributed by atoms with Gasteiger partial charge in [0, 0.05) is 20.6 Å². The van der Waals surface area contributed by atoms with Crippen molar-refractivity contribution in [3.8, 4) is 0 Å². The van der Waals surface area contributed by atoms with Crippen molar-refractivity contribution >= 4 is 11.5 Å². The van der Waals surface area contributed by atoms with Gasteiger partial charge in [-0.3, -0.25) is 14.3 Å². The van der Waals surface area contributed by atoms with E-state index < -0.39 is 6.10 Å². The molecule has 0 fully saturated rings. The maximum atomic E-state index is 12.0. The molecule has 2 heterocycles. The molecular formula is C18H32N4O4. The van der Waals surface area contributed by atoms with Gasteiger partial charge in [-0.1, -0.05) is 38.5 Å². The van der Waals surface area contributed by atoms with Crippen LogP contribution in [0.2, 0.25) is 0 Å². The number of aromatic nitrogens is 2. The Morgan fingerprint density at radius 1 is 1.04 bits per heavy atom. The largest absolute Gasteiger partial charge is 0.394 e. The molecule has 8 heteroatoms. The van der Waals surface area contributed by atoms with Crippen molar-refractivity contribution in [2.24, 2.45) is 7.05 Å². The molecule has 0 aliphatic carbocycles. The number of aliphatic hydroxyl groups excluding tert-OH is 2. The van der Waals surface area contributed by atoms with Gasteiger partial charge in [0.25, 0.3) is 5.56 Å². The Bertz CT molecular complexity index is 685. The van der Waals surface area contributed by atoms with Gasteiger partial charge in [0.1, 0.15) is 11.5 Å². The highest BCUT2D eigenvalue weighted by Crippen LogP contribution is 2.29. The maximum Gasteiger partial charge on any atom is 0.329 e. The molecule has 0 saturated heterocycles. The lowest BCUT2D eigenvalue weighted by molar-refractivity contribution is 0.0860. The van der Waals surface area contributed by atoms with Crippen molar-refractivity contribution in [3.05, 3.63) is 20.8 Å². The maximum absolute atomic E-state index is 12.0. The van der Waals surface area contributed by atoms with E-state index in [1.807, 2.05) is 11.9 Å². The number of aliphatic hydroxyl groups is 2. The molecule has 8 nitrogen and oxygen atoms in total. The Kier molecular flexibility index (Phi) is 7.71. The predicted molar refractivity (Wildman–Crippen MR) is 103 cm³/mol. The van der Waals surface area contributed by atoms with Crippen LogP contribution >= 0.6 is 0 Å². The zero-order chi connectivity index (χ0) is 19.1. The molecule has 0 spiro atoms. The minimum absolute atomic E-state index is 0.147. The summed E-state index contributed by atoms with van der Waals surface area (Å²) in [6.07, 6.45) is 7.78. The van der Waals surface area contributed by atoms with Gasteiger partial charge in [0.05, 0.1) is 19.4 Å². The first-order valence-corrected chi connectivity index (χ1v) is 9.54. The van der Waals surface area contributed by atoms with Gasteiger partial charge in [-0.25, -0.2) is 4.79 Å². The van der Waals surface area contributed by atoms with Crippen LogP contribution in [0.4, 0.5) is 11.5 Å². The summed E-state index contributed by atoms with van der Waals surface area (Å²) in [6.45, 7) is 1.31. The van der Waals surface area contributed by atoms with Gasteiger partial charge in [-0.05, 0) is 12.8 Å². The molecule has 26 heavy (non-hydrogen) atoms. The lowest BCUT2D eigenvalue weighted by Crippen LogP contribution is -2.32. The molecule has 1 aliphatic heterocycles. The third-order valence-corrected chi connectivity index (χ3v) is 5.01. The van der Waals surface area contributed by atoms with E-state index in [4.69, 9.17) is 5.11 Å². The zero-order valence-electron chi connectivity index (χ0n) is 15.9. The zero-order valence-corrected chi connectivity index (χ0v) is 15.9. The Balaban J connectivity index is 1.69. The van der Waals surface area contributed by atoms with Gasteiger partial charge in [0.2, 0.25) is 0 Å². The van der Waals surface area contributed by atoms with Gasteiger partial charge in [-0.15, -0.1) is 0 Å². The summed E-state index contributed by atoms with van der Waals surface area (Å²) in [5.74, 6) is 0.712. The van der Waals surface area contributed by atoms with Crippen LogP contribution in [-0.2, 0) is 7.05 Å². The summed E-state index contributed by atoms with van der Waals surface area (Å²) >= 11 is 0. The Morgan fingerprint density at radius 3 is 2.31 bits per heavy atom. The van der Waals surface area contributed by atoms with Crippen molar-refractivity contribution in [1.82, 2.24) is 9.55 Å². The van der Waals surface area contributed by atoms with Crippen LogP contribution in [0, 0.1) is 0 Å². The minimum atomic E-state index is -0.570. The normalized spacial score (nSPS) is 14.8. The van der Waals surface area contributed by atoms with E-state index >= 15 is 0 Å². The van der Waals surface area contributed by atoms with E-state index in [9.17, 15) is 14.7 Å². The van der Waals surface area contributed by atoms with Crippen molar-refractivity contribution in [2.45, 2.75) is 57.5 Å². The molecule has 0 bridgehead atoms. The van der Waals surface area contributed by atoms with Crippen LogP contribution in [0.5, 0.6) is 0 Å². The van der Waals surface area contributed by atoms with Crippen LogP contribution in [0.3, 0.4) is 0 Å². The molecule has 148 valence electrons. The second-order valence-electron chi connectivity index (χ2n) is 7.19. The molecule has 0 amide bonds. The smallest absolute Gasteiger partial charge is 0.329 e. The molecule has 1 unspecified atom stereocenters. The number of fused-ring (bicyclic) bond motifs is 1. The SMILES string of the molecule is CN1CN(CCCCCCCCCC(O)CO)c2c1c(=O)[nH]c(=O)n2C. The van der Waals surface area contributed by atoms with E-state index in [-0.39, 0.29) is 17.9 Å². The number of rotatable bonds is 11. The number of nitrogens with one attached hydrogen (secondary N) is 1. The molecule has 0 aromatic carbocycles. The first kappa shape index (κ1) is 20.5. The third kappa shape index (κ3) is 5.11. The van der Waals surface area contributed by atoms with Crippen LogP contribution in [0.25, 0.3) is 0 Å². The summed E-state index contributed by atoms with van der Waals surface area (Å²) in [5, 5.41) is 18.0. The number of nitrogens with zero attached hydrogens (tertiary/aromatic N) is 3. The number of hydrogen-bond acceptors (Lipinski definition) is 6. The highest BCUT2D eigenvalue weighted by Gasteiger charge is 2.28. The number of aromatic amines is 1. The molecule has 0 radical (unpaired) electrons. The highest BCUT2D eigenvalue weighted by molar-refractivity contribution is 5.71. The van der Waals surface area contributed by atoms with Crippen LogP contribution in [0.15, 0.2) is 9.59 Å². The average molecular weight is 368 g/mol. The van der Waals surface area contributed by atoms with E-state index in [1.54, 1.807) is 7.05 Å². The van der Waals surface area contributed by atoms with Crippen molar-refractivity contribution in [2.75, 3.05) is 36.7 Å². The minimum Gasteiger partial charge on any atom is -0.394 e. The second-order valence-corrected chi connectivity index (χ2v) is 7.19. The monoisotopic (exact) mass is 368 g/mol. The summed E-state index contributed by atoms with van der Waals surface area (Å²) in [7, 11) is 3.56. The van der Waals surface area contributed by atoms with Crippen LogP contribution in [0.1, 0.15) is 51.4 Å². The van der Waals surface area contributed by atoms with Gasteiger partial charge < -0.3 is 20.0 Å². The molecule has 2 rings (SSSR count). The lowest BCUT2D eigenvalue weighted by Gasteiger charge is -2.20. The standard InChI is InChI=1S/C18H32N4O4/c1-20-13-22(17-15(20)16(25)19-18(26)21(17)2)11-9-7-5-3-4-6-8-10-14(24)12-23/h14,23-24H,3-13H2,1-2H3,(H,19,25,26). The summed E-state index contributed by atoms with van der Waals surface area (Å²) < 4.78 is 1.51. The predicted octanol–water partition coefficient (Wildman–Crippen LogP) is 0.761. The number of H-pyrrole nitrogens is 1. The van der Waals surface area contributed by atoms with E-state index in [2.05, 4.69) is 9.88 Å². The van der Waals surface area contributed by atoms with Gasteiger partial charge in [-0.2, -0.15) is 0 Å². The summed E-state index contributed by atoms with van der Waals surface area (Å²) in [5.41, 5.74) is -0.128. The number of unbranched alkanes of at least 4 members (excludes halogenated alkanes) is 6. The van der Waals surface area contributed by atoms with Crippen molar-refractivity contribution in [1.29, 1.82) is 0 Å². The molecule has 1 aromatic rings. The molecule has 1 atom stereocenters. The lowest BCUT2D eigenvalue weighted by atomic mass is 10.1. The van der Waals surface area contributed by atoms with Crippen molar-refractivity contribution < 1.29 is 10.2 Å². The van der Waals surface area contributed by atoms with Gasteiger partial charge >= 0.3 is 5.69 Å². The molecular weight excluding hydrogens is 336 g/mol. The molecule has 0 saturated carbocycles. The fourth-order valence-electron chi connectivity index (χ4n) is 3.53. The highest BCUT2D eigenvalue weighted by atomic mass is 16.3. The Morgan fingerprint density at radius 2 is 1.65 bits per heavy atom. The second kappa shape index (κ2) is 9.78. The molecule has 1 aromatic heterocycles. The Hall–Kier alpha value is -1.80. The van der Waals surface area contributed by atoms with Gasteiger partial charge in [0.15, 0.2) is 0 Å². The molecule has 1 aliphatic rings. The Labute approximate surface area is 154 Å². The van der Waals surface area contributed by atoms with E-state index in [1.165, 1.54) is 11.0 Å². The number of anilines is 2. The fraction of sp³-hybridized carbons (Fsp3) is 0.778. The van der Waals surface area contributed by atoms with Crippen LogP contribution in [-0.4, -0.2) is 52.7 Å². The first-order valence-electron chi connectivity index (χ1n) is 9.54. The average Bonchev–Trinajstić information content (AvgIpc) is 2.94. The summed E-state index contributed by atoms with van der Waals surface area (Å²) in [4.78, 5) is 30.2. The van der Waals surface area contributed by atoms with Crippen molar-refractivity contribution in [3.63, 3.8) is 0 Å². The van der Waals surface area contributed by atoms with Crippen LogP contribution < -0.4 is 21.0 Å². The van der Waals surface area contributed by atoms with E-state index in [0.717, 1.165) is 45.1 Å². The topological polar surface area (TPSA) is 102 Å². The molecule has 3 N–H and O–H groups in total. The van der Waals surface area contributed by atoms with E-state index in [0.29, 0.717) is 24.6 Å². The fourth-order valence-corrected chi connectivity index (χ4v) is 3.53. The first-order chi connectivity index (χ1) is 12.5. The quantitative estimate of drug-likeness (QED) is 0.499. The summed E-state index contributed by atoms with van der Waals surface area (Å²) in [6, 6.07) is 0. The third-order valence-electron chi connectivity index (χ3n) is 5.01.